The lowest BCUT2D eigenvalue weighted by molar-refractivity contribution is -0.114. The zero-order chi connectivity index (χ0) is 16.4. The molecular weight excluding hydrogens is 410 g/mol. The van der Waals surface area contributed by atoms with E-state index >= 15 is 0 Å². The van der Waals surface area contributed by atoms with Crippen LogP contribution in [0.1, 0.15) is 27.2 Å². The molecule has 5 nitrogen and oxygen atoms in total. The number of halogens is 2. The van der Waals surface area contributed by atoms with Crippen LogP contribution in [0.15, 0.2) is 29.3 Å². The van der Waals surface area contributed by atoms with Crippen LogP contribution in [0, 0.1) is 11.7 Å². The first-order chi connectivity index (χ1) is 10.5. The molecule has 0 aliphatic heterocycles. The first-order valence-electron chi connectivity index (χ1n) is 7.59. The smallest absolute Gasteiger partial charge is 0.246 e. The van der Waals surface area contributed by atoms with Crippen LogP contribution in [0.25, 0.3) is 0 Å². The summed E-state index contributed by atoms with van der Waals surface area (Å²) in [6.45, 7) is 7.83. The Kier molecular flexibility index (Phi) is 11.4. The number of carbonyl (C=O) groups is 1. The summed E-state index contributed by atoms with van der Waals surface area (Å²) < 4.78 is 12.8. The highest BCUT2D eigenvalue weighted by molar-refractivity contribution is 14.0. The Morgan fingerprint density at radius 3 is 2.43 bits per heavy atom. The molecule has 1 aromatic rings. The van der Waals surface area contributed by atoms with Gasteiger partial charge < -0.3 is 16.0 Å². The van der Waals surface area contributed by atoms with E-state index in [4.69, 9.17) is 0 Å². The van der Waals surface area contributed by atoms with Crippen molar-refractivity contribution in [3.05, 3.63) is 30.1 Å². The maximum absolute atomic E-state index is 12.8. The highest BCUT2D eigenvalue weighted by atomic mass is 127. The SMILES string of the molecule is CCNC(=NCC(=O)Nc1ccc(F)cc1)NCCC(C)C.I. The third-order valence-corrected chi connectivity index (χ3v) is 2.87. The van der Waals surface area contributed by atoms with Crippen molar-refractivity contribution in [2.24, 2.45) is 10.9 Å². The van der Waals surface area contributed by atoms with Gasteiger partial charge in [-0.25, -0.2) is 9.38 Å². The summed E-state index contributed by atoms with van der Waals surface area (Å²) >= 11 is 0. The van der Waals surface area contributed by atoms with Crippen LogP contribution in [0.3, 0.4) is 0 Å². The molecule has 0 spiro atoms. The van der Waals surface area contributed by atoms with Crippen molar-refractivity contribution < 1.29 is 9.18 Å². The molecule has 130 valence electrons. The van der Waals surface area contributed by atoms with Crippen LogP contribution < -0.4 is 16.0 Å². The minimum atomic E-state index is -0.334. The van der Waals surface area contributed by atoms with Crippen molar-refractivity contribution in [3.63, 3.8) is 0 Å². The predicted octanol–water partition coefficient (Wildman–Crippen LogP) is 2.98. The quantitative estimate of drug-likeness (QED) is 0.350. The molecule has 0 saturated heterocycles. The summed E-state index contributed by atoms with van der Waals surface area (Å²) in [5, 5.41) is 8.95. The number of benzene rings is 1. The maximum Gasteiger partial charge on any atom is 0.246 e. The van der Waals surface area contributed by atoms with Gasteiger partial charge in [0.1, 0.15) is 12.4 Å². The van der Waals surface area contributed by atoms with Crippen molar-refractivity contribution >= 4 is 41.5 Å². The van der Waals surface area contributed by atoms with Crippen LogP contribution in [-0.4, -0.2) is 31.5 Å². The molecule has 0 saturated carbocycles. The third-order valence-electron chi connectivity index (χ3n) is 2.87. The number of amides is 1. The molecule has 1 amide bonds. The van der Waals surface area contributed by atoms with Crippen molar-refractivity contribution in [1.82, 2.24) is 10.6 Å². The molecule has 0 aliphatic carbocycles. The van der Waals surface area contributed by atoms with Crippen molar-refractivity contribution in [2.45, 2.75) is 27.2 Å². The van der Waals surface area contributed by atoms with Crippen molar-refractivity contribution in [2.75, 3.05) is 25.0 Å². The van der Waals surface area contributed by atoms with E-state index in [0.717, 1.165) is 19.5 Å². The lowest BCUT2D eigenvalue weighted by Gasteiger charge is -2.12. The number of hydrogen-bond acceptors (Lipinski definition) is 2. The minimum absolute atomic E-state index is 0. The molecule has 0 radical (unpaired) electrons. The van der Waals surface area contributed by atoms with E-state index in [-0.39, 0.29) is 42.2 Å². The van der Waals surface area contributed by atoms with Gasteiger partial charge in [-0.05, 0) is 43.5 Å². The molecule has 0 heterocycles. The highest BCUT2D eigenvalue weighted by Gasteiger charge is 2.03. The molecule has 23 heavy (non-hydrogen) atoms. The minimum Gasteiger partial charge on any atom is -0.357 e. The molecule has 0 unspecified atom stereocenters. The normalized spacial score (nSPS) is 10.9. The van der Waals surface area contributed by atoms with E-state index in [1.807, 2.05) is 6.92 Å². The second-order valence-electron chi connectivity index (χ2n) is 5.36. The molecule has 0 aliphatic rings. The third kappa shape index (κ3) is 10.1. The average Bonchev–Trinajstić information content (AvgIpc) is 2.47. The van der Waals surface area contributed by atoms with Gasteiger partial charge in [-0.2, -0.15) is 0 Å². The standard InChI is InChI=1S/C16H25FN4O.HI/c1-4-18-16(19-10-9-12(2)3)20-11-15(22)21-14-7-5-13(17)6-8-14;/h5-8,12H,4,9-11H2,1-3H3,(H,21,22)(H2,18,19,20);1H. The molecule has 1 aromatic carbocycles. The Morgan fingerprint density at radius 2 is 1.87 bits per heavy atom. The van der Waals surface area contributed by atoms with E-state index in [9.17, 15) is 9.18 Å². The molecule has 1 rings (SSSR count). The number of nitrogens with one attached hydrogen (secondary N) is 3. The summed E-state index contributed by atoms with van der Waals surface area (Å²) in [4.78, 5) is 16.1. The number of anilines is 1. The molecular formula is C16H26FIN4O. The first kappa shape index (κ1) is 21.6. The van der Waals surface area contributed by atoms with Gasteiger partial charge in [0.15, 0.2) is 5.96 Å². The van der Waals surface area contributed by atoms with E-state index in [2.05, 4.69) is 34.8 Å². The predicted molar refractivity (Wildman–Crippen MR) is 104 cm³/mol. The van der Waals surface area contributed by atoms with Crippen molar-refractivity contribution in [1.29, 1.82) is 0 Å². The molecule has 3 N–H and O–H groups in total. The Balaban J connectivity index is 0.00000484. The lowest BCUT2D eigenvalue weighted by atomic mass is 10.1. The van der Waals surface area contributed by atoms with E-state index in [0.29, 0.717) is 17.6 Å². The van der Waals surface area contributed by atoms with Gasteiger partial charge in [-0.1, -0.05) is 13.8 Å². The van der Waals surface area contributed by atoms with Gasteiger partial charge in [0, 0.05) is 18.8 Å². The summed E-state index contributed by atoms with van der Waals surface area (Å²) in [6, 6.07) is 5.64. The van der Waals surface area contributed by atoms with Gasteiger partial charge in [0.05, 0.1) is 0 Å². The van der Waals surface area contributed by atoms with Gasteiger partial charge in [0.2, 0.25) is 5.91 Å². The van der Waals surface area contributed by atoms with Gasteiger partial charge >= 0.3 is 0 Å². The van der Waals surface area contributed by atoms with Gasteiger partial charge in [0.25, 0.3) is 0 Å². The van der Waals surface area contributed by atoms with E-state index in [1.54, 1.807) is 0 Å². The van der Waals surface area contributed by atoms with Gasteiger partial charge in [-0.3, -0.25) is 4.79 Å². The van der Waals surface area contributed by atoms with Crippen LogP contribution >= 0.6 is 24.0 Å². The number of carbonyl (C=O) groups excluding carboxylic acids is 1. The summed E-state index contributed by atoms with van der Waals surface area (Å²) in [5.74, 6) is 0.655. The van der Waals surface area contributed by atoms with E-state index in [1.165, 1.54) is 24.3 Å². The van der Waals surface area contributed by atoms with Crippen LogP contribution in [0.4, 0.5) is 10.1 Å². The van der Waals surface area contributed by atoms with Gasteiger partial charge in [-0.15, -0.1) is 24.0 Å². The van der Waals surface area contributed by atoms with Crippen LogP contribution in [0.2, 0.25) is 0 Å². The Morgan fingerprint density at radius 1 is 1.22 bits per heavy atom. The second-order valence-corrected chi connectivity index (χ2v) is 5.36. The average molecular weight is 436 g/mol. The molecule has 0 aromatic heterocycles. The molecule has 0 bridgehead atoms. The topological polar surface area (TPSA) is 65.5 Å². The number of nitrogens with zero attached hydrogens (tertiary/aromatic N) is 1. The van der Waals surface area contributed by atoms with Crippen LogP contribution in [0.5, 0.6) is 0 Å². The highest BCUT2D eigenvalue weighted by Crippen LogP contribution is 2.07. The second kappa shape index (κ2) is 12.1. The Hall–Kier alpha value is -1.38. The maximum atomic E-state index is 12.8. The fraction of sp³-hybridized carbons (Fsp3) is 0.500. The van der Waals surface area contributed by atoms with Crippen molar-refractivity contribution in [3.8, 4) is 0 Å². The number of rotatable bonds is 7. The lowest BCUT2D eigenvalue weighted by Crippen LogP contribution is -2.38. The largest absolute Gasteiger partial charge is 0.357 e. The molecule has 0 fully saturated rings. The zero-order valence-corrected chi connectivity index (χ0v) is 16.2. The van der Waals surface area contributed by atoms with E-state index < -0.39 is 0 Å². The fourth-order valence-corrected chi connectivity index (χ4v) is 1.71. The van der Waals surface area contributed by atoms with Crippen LogP contribution in [-0.2, 0) is 4.79 Å². The molecule has 0 atom stereocenters. The Bertz CT molecular complexity index is 491. The Labute approximate surface area is 154 Å². The fourth-order valence-electron chi connectivity index (χ4n) is 1.71. The zero-order valence-electron chi connectivity index (χ0n) is 13.9. The first-order valence-corrected chi connectivity index (χ1v) is 7.59. The summed E-state index contributed by atoms with van der Waals surface area (Å²) in [6.07, 6.45) is 1.03. The number of aliphatic imine (C=N–C) groups is 1. The summed E-state index contributed by atoms with van der Waals surface area (Å²) in [7, 11) is 0. The number of hydrogen-bond donors (Lipinski definition) is 3. The summed E-state index contributed by atoms with van der Waals surface area (Å²) in [5.41, 5.74) is 0.555. The number of guanidine groups is 1. The molecule has 7 heteroatoms. The monoisotopic (exact) mass is 436 g/mol.